The van der Waals surface area contributed by atoms with E-state index in [1.54, 1.807) is 0 Å². The van der Waals surface area contributed by atoms with E-state index in [1.165, 1.54) is 18.2 Å². The normalized spacial score (nSPS) is 24.1. The number of aliphatic imine (C=N–C) groups is 1. The molecule has 2 fully saturated rings. The average molecular weight is 410 g/mol. The monoisotopic (exact) mass is 409 g/mol. The van der Waals surface area contributed by atoms with Crippen molar-refractivity contribution in [1.29, 1.82) is 0 Å². The van der Waals surface area contributed by atoms with Crippen LogP contribution < -0.4 is 10.6 Å². The number of hydrogen-bond acceptors (Lipinski definition) is 3. The van der Waals surface area contributed by atoms with Crippen LogP contribution in [0.4, 0.5) is 8.78 Å². The highest BCUT2D eigenvalue weighted by atomic mass is 19.1. The van der Waals surface area contributed by atoms with Gasteiger partial charge in [-0.25, -0.2) is 8.78 Å². The fourth-order valence-electron chi connectivity index (χ4n) is 4.70. The molecule has 1 heterocycles. The Bertz CT molecular complexity index is 679. The molecule has 7 heteroatoms. The first-order chi connectivity index (χ1) is 14.0. The second-order valence-corrected chi connectivity index (χ2v) is 8.41. The summed E-state index contributed by atoms with van der Waals surface area (Å²) >= 11 is 0. The van der Waals surface area contributed by atoms with Gasteiger partial charge in [0.05, 0.1) is 13.2 Å². The molecule has 29 heavy (non-hydrogen) atoms. The molecule has 3 N–H and O–H groups in total. The van der Waals surface area contributed by atoms with E-state index in [4.69, 9.17) is 9.73 Å². The summed E-state index contributed by atoms with van der Waals surface area (Å²) in [7, 11) is 0. The molecule has 0 bridgehead atoms. The van der Waals surface area contributed by atoms with Gasteiger partial charge in [0, 0.05) is 42.7 Å². The van der Waals surface area contributed by atoms with Crippen LogP contribution in [0, 0.1) is 17.0 Å². The second kappa shape index (κ2) is 9.85. The lowest BCUT2D eigenvalue weighted by Crippen LogP contribution is -2.46. The molecule has 0 amide bonds. The van der Waals surface area contributed by atoms with Gasteiger partial charge in [-0.2, -0.15) is 0 Å². The summed E-state index contributed by atoms with van der Waals surface area (Å²) in [5.74, 6) is -0.305. The fourth-order valence-corrected chi connectivity index (χ4v) is 4.70. The standard InChI is InChI=1S/C22H33F2N3O2/c1-2-25-20(26-14-21(10-12-28)11-13-29-16-21)27-15-22(8-3-4-9-22)19-17(23)6-5-7-18(19)24/h5-7,28H,2-4,8-16H2,1H3,(H2,25,26,27). The van der Waals surface area contributed by atoms with E-state index < -0.39 is 17.0 Å². The van der Waals surface area contributed by atoms with Crippen molar-refractivity contribution in [2.75, 3.05) is 39.5 Å². The maximum atomic E-state index is 14.6. The van der Waals surface area contributed by atoms with Crippen LogP contribution in [-0.2, 0) is 10.2 Å². The molecule has 1 aromatic rings. The van der Waals surface area contributed by atoms with E-state index in [0.717, 1.165) is 32.1 Å². The summed E-state index contributed by atoms with van der Waals surface area (Å²) in [6.07, 6.45) is 4.94. The van der Waals surface area contributed by atoms with E-state index in [1.807, 2.05) is 6.92 Å². The van der Waals surface area contributed by atoms with Gasteiger partial charge in [-0.3, -0.25) is 4.99 Å². The van der Waals surface area contributed by atoms with Gasteiger partial charge in [0.2, 0.25) is 0 Å². The SMILES string of the molecule is CCNC(=NCC1(CCO)CCOC1)NCC1(c2c(F)cccc2F)CCCC1. The van der Waals surface area contributed by atoms with Crippen LogP contribution in [0.5, 0.6) is 0 Å². The molecule has 162 valence electrons. The highest BCUT2D eigenvalue weighted by molar-refractivity contribution is 5.80. The lowest BCUT2D eigenvalue weighted by molar-refractivity contribution is 0.131. The number of nitrogens with zero attached hydrogens (tertiary/aromatic N) is 1. The van der Waals surface area contributed by atoms with Crippen molar-refractivity contribution >= 4 is 5.96 Å². The maximum Gasteiger partial charge on any atom is 0.191 e. The Morgan fingerprint density at radius 2 is 1.90 bits per heavy atom. The summed E-state index contributed by atoms with van der Waals surface area (Å²) < 4.78 is 34.7. The van der Waals surface area contributed by atoms with Crippen molar-refractivity contribution in [3.63, 3.8) is 0 Å². The molecule has 2 aliphatic rings. The molecule has 0 radical (unpaired) electrons. The third kappa shape index (κ3) is 5.07. The number of nitrogens with one attached hydrogen (secondary N) is 2. The van der Waals surface area contributed by atoms with Gasteiger partial charge in [-0.1, -0.05) is 18.9 Å². The summed E-state index contributed by atoms with van der Waals surface area (Å²) in [4.78, 5) is 4.73. The van der Waals surface area contributed by atoms with Crippen molar-refractivity contribution in [2.24, 2.45) is 10.4 Å². The lowest BCUT2D eigenvalue weighted by Gasteiger charge is -2.31. The highest BCUT2D eigenvalue weighted by Gasteiger charge is 2.40. The molecule has 1 aliphatic heterocycles. The van der Waals surface area contributed by atoms with Crippen LogP contribution in [0.25, 0.3) is 0 Å². The molecule has 0 spiro atoms. The summed E-state index contributed by atoms with van der Waals surface area (Å²) in [6.45, 7) is 5.05. The molecular formula is C22H33F2N3O2. The summed E-state index contributed by atoms with van der Waals surface area (Å²) in [5.41, 5.74) is -0.508. The minimum atomic E-state index is -0.565. The number of hydrogen-bond donors (Lipinski definition) is 3. The average Bonchev–Trinajstić information content (AvgIpc) is 3.35. The van der Waals surface area contributed by atoms with E-state index in [2.05, 4.69) is 10.6 Å². The van der Waals surface area contributed by atoms with Crippen molar-refractivity contribution in [3.05, 3.63) is 35.4 Å². The molecule has 3 rings (SSSR count). The largest absolute Gasteiger partial charge is 0.396 e. The van der Waals surface area contributed by atoms with Crippen molar-refractivity contribution in [2.45, 2.75) is 50.9 Å². The first-order valence-corrected chi connectivity index (χ1v) is 10.7. The first kappa shape index (κ1) is 22.0. The molecule has 1 aliphatic carbocycles. The Balaban J connectivity index is 1.76. The molecule has 1 saturated carbocycles. The number of rotatable bonds is 8. The number of benzene rings is 1. The lowest BCUT2D eigenvalue weighted by atomic mass is 9.78. The van der Waals surface area contributed by atoms with Gasteiger partial charge >= 0.3 is 0 Å². The summed E-state index contributed by atoms with van der Waals surface area (Å²) in [6, 6.07) is 4.10. The van der Waals surface area contributed by atoms with Gasteiger partial charge in [0.15, 0.2) is 5.96 Å². The van der Waals surface area contributed by atoms with Crippen molar-refractivity contribution in [3.8, 4) is 0 Å². The Morgan fingerprint density at radius 1 is 1.17 bits per heavy atom. The zero-order valence-corrected chi connectivity index (χ0v) is 17.3. The van der Waals surface area contributed by atoms with Gasteiger partial charge in [-0.15, -0.1) is 0 Å². The van der Waals surface area contributed by atoms with E-state index in [0.29, 0.717) is 45.2 Å². The Labute approximate surface area is 171 Å². The van der Waals surface area contributed by atoms with Gasteiger partial charge in [-0.05, 0) is 44.7 Å². The van der Waals surface area contributed by atoms with Crippen molar-refractivity contribution < 1.29 is 18.6 Å². The molecular weight excluding hydrogens is 376 g/mol. The quantitative estimate of drug-likeness (QED) is 0.456. The van der Waals surface area contributed by atoms with Crippen LogP contribution in [-0.4, -0.2) is 50.5 Å². The van der Waals surface area contributed by atoms with Crippen LogP contribution in [0.3, 0.4) is 0 Å². The van der Waals surface area contributed by atoms with E-state index in [9.17, 15) is 13.9 Å². The second-order valence-electron chi connectivity index (χ2n) is 8.41. The topological polar surface area (TPSA) is 65.9 Å². The van der Waals surface area contributed by atoms with Crippen LogP contribution >= 0.6 is 0 Å². The molecule has 1 saturated heterocycles. The third-order valence-corrected chi connectivity index (χ3v) is 6.39. The van der Waals surface area contributed by atoms with Crippen molar-refractivity contribution in [1.82, 2.24) is 10.6 Å². The van der Waals surface area contributed by atoms with Gasteiger partial charge < -0.3 is 20.5 Å². The summed E-state index contributed by atoms with van der Waals surface area (Å²) in [5, 5.41) is 16.0. The maximum absolute atomic E-state index is 14.6. The molecule has 1 aromatic carbocycles. The highest BCUT2D eigenvalue weighted by Crippen LogP contribution is 2.42. The molecule has 1 unspecified atom stereocenters. The van der Waals surface area contributed by atoms with Gasteiger partial charge in [0.25, 0.3) is 0 Å². The number of ether oxygens (including phenoxy) is 1. The Morgan fingerprint density at radius 3 is 2.48 bits per heavy atom. The smallest absolute Gasteiger partial charge is 0.191 e. The predicted octanol–water partition coefficient (Wildman–Crippen LogP) is 3.12. The van der Waals surface area contributed by atoms with E-state index in [-0.39, 0.29) is 17.6 Å². The molecule has 5 nitrogen and oxygen atoms in total. The third-order valence-electron chi connectivity index (χ3n) is 6.39. The van der Waals surface area contributed by atoms with Crippen LogP contribution in [0.2, 0.25) is 0 Å². The van der Waals surface area contributed by atoms with Gasteiger partial charge in [0.1, 0.15) is 11.6 Å². The minimum absolute atomic E-state index is 0.110. The minimum Gasteiger partial charge on any atom is -0.396 e. The fraction of sp³-hybridized carbons (Fsp3) is 0.682. The number of aliphatic hydroxyl groups excluding tert-OH is 1. The molecule has 0 aromatic heterocycles. The molecule has 1 atom stereocenters. The number of aliphatic hydroxyl groups is 1. The van der Waals surface area contributed by atoms with E-state index >= 15 is 0 Å². The Hall–Kier alpha value is -1.73. The zero-order valence-electron chi connectivity index (χ0n) is 17.3. The zero-order chi connectivity index (χ0) is 20.7. The Kier molecular flexibility index (Phi) is 7.46. The van der Waals surface area contributed by atoms with Crippen LogP contribution in [0.1, 0.15) is 51.0 Å². The number of halogens is 2. The predicted molar refractivity (Wildman–Crippen MR) is 110 cm³/mol. The number of guanidine groups is 1. The van der Waals surface area contributed by atoms with Crippen LogP contribution in [0.15, 0.2) is 23.2 Å². The first-order valence-electron chi connectivity index (χ1n) is 10.7.